The number of aliphatic imine (C=N–C) groups is 1. The van der Waals surface area contributed by atoms with E-state index in [0.29, 0.717) is 6.54 Å². The lowest BCUT2D eigenvalue weighted by Gasteiger charge is -2.39. The van der Waals surface area contributed by atoms with Gasteiger partial charge in [-0.25, -0.2) is 0 Å². The monoisotopic (exact) mass is 327 g/mol. The smallest absolute Gasteiger partial charge is 0.132 e. The Morgan fingerprint density at radius 2 is 1.36 bits per heavy atom. The molecule has 3 heteroatoms. The van der Waals surface area contributed by atoms with Gasteiger partial charge in [-0.2, -0.15) is 0 Å². The Bertz CT molecular complexity index is 887. The van der Waals surface area contributed by atoms with Crippen molar-refractivity contribution < 1.29 is 0 Å². The van der Waals surface area contributed by atoms with E-state index in [9.17, 15) is 0 Å². The number of amidine groups is 1. The predicted octanol–water partition coefficient (Wildman–Crippen LogP) is 5.04. The number of nitrogens with zero attached hydrogens (tertiary/aromatic N) is 1. The van der Waals surface area contributed by atoms with Crippen molar-refractivity contribution in [1.82, 2.24) is 0 Å². The molecular formula is C22H21N3. The van der Waals surface area contributed by atoms with Crippen LogP contribution in [0.4, 0.5) is 11.4 Å². The van der Waals surface area contributed by atoms with Crippen molar-refractivity contribution in [3.05, 3.63) is 96.1 Å². The standard InChI is InChI=1S/C22H21N3/c1-22(18-12-6-3-7-13-18)21(23-16-17-10-4-2-5-11-17)24-19-14-8-9-15-20(19)25-22/h2-15,25H,16H2,1H3,(H,23,24). The highest BCUT2D eigenvalue weighted by molar-refractivity contribution is 6.09. The van der Waals surface area contributed by atoms with Crippen LogP contribution in [0.15, 0.2) is 89.9 Å². The second-order valence-electron chi connectivity index (χ2n) is 6.44. The molecule has 0 bridgehead atoms. The van der Waals surface area contributed by atoms with Crippen molar-refractivity contribution in [2.45, 2.75) is 19.0 Å². The Kier molecular flexibility index (Phi) is 3.98. The topological polar surface area (TPSA) is 36.4 Å². The molecule has 0 amide bonds. The molecular weight excluding hydrogens is 306 g/mol. The lowest BCUT2D eigenvalue weighted by molar-refractivity contribution is 0.721. The number of para-hydroxylation sites is 2. The molecule has 0 fully saturated rings. The molecule has 3 aromatic rings. The van der Waals surface area contributed by atoms with Gasteiger partial charge in [-0.15, -0.1) is 0 Å². The fraction of sp³-hybridized carbons (Fsp3) is 0.136. The van der Waals surface area contributed by atoms with Gasteiger partial charge in [0.25, 0.3) is 0 Å². The molecule has 0 aromatic heterocycles. The van der Waals surface area contributed by atoms with Crippen molar-refractivity contribution in [3.8, 4) is 0 Å². The van der Waals surface area contributed by atoms with Crippen LogP contribution < -0.4 is 10.6 Å². The van der Waals surface area contributed by atoms with Crippen LogP contribution >= 0.6 is 0 Å². The predicted molar refractivity (Wildman–Crippen MR) is 105 cm³/mol. The van der Waals surface area contributed by atoms with E-state index in [4.69, 9.17) is 4.99 Å². The molecule has 0 aliphatic carbocycles. The van der Waals surface area contributed by atoms with E-state index in [-0.39, 0.29) is 0 Å². The van der Waals surface area contributed by atoms with E-state index in [2.05, 4.69) is 66.1 Å². The summed E-state index contributed by atoms with van der Waals surface area (Å²) < 4.78 is 0. The quantitative estimate of drug-likeness (QED) is 0.707. The summed E-state index contributed by atoms with van der Waals surface area (Å²) >= 11 is 0. The molecule has 1 heterocycles. The van der Waals surface area contributed by atoms with Gasteiger partial charge >= 0.3 is 0 Å². The van der Waals surface area contributed by atoms with E-state index >= 15 is 0 Å². The summed E-state index contributed by atoms with van der Waals surface area (Å²) in [5.41, 5.74) is 4.13. The molecule has 1 atom stereocenters. The summed E-state index contributed by atoms with van der Waals surface area (Å²) in [4.78, 5) is 4.92. The van der Waals surface area contributed by atoms with E-state index in [1.165, 1.54) is 11.1 Å². The summed E-state index contributed by atoms with van der Waals surface area (Å²) in [6, 6.07) is 29.0. The van der Waals surface area contributed by atoms with E-state index < -0.39 is 5.54 Å². The van der Waals surface area contributed by atoms with Crippen molar-refractivity contribution in [2.75, 3.05) is 10.6 Å². The van der Waals surface area contributed by atoms with Crippen LogP contribution in [0.5, 0.6) is 0 Å². The van der Waals surface area contributed by atoms with Crippen LogP contribution in [-0.4, -0.2) is 5.84 Å². The highest BCUT2D eigenvalue weighted by Gasteiger charge is 2.36. The fourth-order valence-electron chi connectivity index (χ4n) is 3.21. The Morgan fingerprint density at radius 3 is 2.08 bits per heavy atom. The molecule has 1 unspecified atom stereocenters. The molecule has 1 aliphatic rings. The van der Waals surface area contributed by atoms with Gasteiger partial charge in [-0.05, 0) is 30.2 Å². The third-order valence-corrected chi connectivity index (χ3v) is 4.65. The van der Waals surface area contributed by atoms with Gasteiger partial charge in [0.15, 0.2) is 0 Å². The molecule has 3 aromatic carbocycles. The first-order valence-corrected chi connectivity index (χ1v) is 8.54. The van der Waals surface area contributed by atoms with Crippen molar-refractivity contribution in [1.29, 1.82) is 0 Å². The molecule has 124 valence electrons. The number of nitrogens with one attached hydrogen (secondary N) is 2. The van der Waals surface area contributed by atoms with Gasteiger partial charge < -0.3 is 10.6 Å². The highest BCUT2D eigenvalue weighted by atomic mass is 15.2. The first-order valence-electron chi connectivity index (χ1n) is 8.54. The van der Waals surface area contributed by atoms with Gasteiger partial charge in [-0.3, -0.25) is 4.99 Å². The maximum atomic E-state index is 4.92. The van der Waals surface area contributed by atoms with Gasteiger partial charge in [0, 0.05) is 0 Å². The van der Waals surface area contributed by atoms with E-state index in [0.717, 1.165) is 17.2 Å². The van der Waals surface area contributed by atoms with Crippen LogP contribution in [0.2, 0.25) is 0 Å². The Hall–Kier alpha value is -3.07. The van der Waals surface area contributed by atoms with Crippen LogP contribution in [-0.2, 0) is 12.1 Å². The number of hydrogen-bond donors (Lipinski definition) is 2. The largest absolute Gasteiger partial charge is 0.368 e. The maximum absolute atomic E-state index is 4.92. The molecule has 0 saturated heterocycles. The Balaban J connectivity index is 1.76. The SMILES string of the molecule is CC1(c2ccccc2)Nc2ccccc2NC1=NCc1ccccc1. The minimum atomic E-state index is -0.398. The third-order valence-electron chi connectivity index (χ3n) is 4.65. The maximum Gasteiger partial charge on any atom is 0.132 e. The minimum absolute atomic E-state index is 0.398. The number of rotatable bonds is 3. The average molecular weight is 327 g/mol. The zero-order chi connectivity index (χ0) is 17.1. The Morgan fingerprint density at radius 1 is 0.760 bits per heavy atom. The fourth-order valence-corrected chi connectivity index (χ4v) is 3.21. The summed E-state index contributed by atoms with van der Waals surface area (Å²) in [7, 11) is 0. The van der Waals surface area contributed by atoms with E-state index in [1.54, 1.807) is 0 Å². The van der Waals surface area contributed by atoms with Gasteiger partial charge in [0.05, 0.1) is 17.9 Å². The zero-order valence-corrected chi connectivity index (χ0v) is 14.2. The molecule has 4 rings (SSSR count). The highest BCUT2D eigenvalue weighted by Crippen LogP contribution is 2.36. The normalized spacial score (nSPS) is 20.4. The first kappa shape index (κ1) is 15.5. The number of fused-ring (bicyclic) bond motifs is 1. The number of anilines is 2. The molecule has 3 nitrogen and oxygen atoms in total. The lowest BCUT2D eigenvalue weighted by Crippen LogP contribution is -2.47. The molecule has 0 saturated carbocycles. The lowest BCUT2D eigenvalue weighted by atomic mass is 9.88. The molecule has 0 spiro atoms. The van der Waals surface area contributed by atoms with Crippen LogP contribution in [0.1, 0.15) is 18.1 Å². The minimum Gasteiger partial charge on any atom is -0.368 e. The summed E-state index contributed by atoms with van der Waals surface area (Å²) in [5, 5.41) is 7.23. The van der Waals surface area contributed by atoms with Gasteiger partial charge in [0.2, 0.25) is 0 Å². The summed E-state index contributed by atoms with van der Waals surface area (Å²) in [5.74, 6) is 0.932. The van der Waals surface area contributed by atoms with Crippen molar-refractivity contribution in [2.24, 2.45) is 4.99 Å². The average Bonchev–Trinajstić information content (AvgIpc) is 2.68. The molecule has 1 aliphatic heterocycles. The second-order valence-corrected chi connectivity index (χ2v) is 6.44. The van der Waals surface area contributed by atoms with Crippen molar-refractivity contribution >= 4 is 17.2 Å². The third kappa shape index (κ3) is 3.01. The first-order chi connectivity index (χ1) is 12.3. The number of benzene rings is 3. The zero-order valence-electron chi connectivity index (χ0n) is 14.2. The van der Waals surface area contributed by atoms with Crippen LogP contribution in [0.25, 0.3) is 0 Å². The van der Waals surface area contributed by atoms with Crippen LogP contribution in [0, 0.1) is 0 Å². The summed E-state index contributed by atoms with van der Waals surface area (Å²) in [6.45, 7) is 2.82. The number of hydrogen-bond acceptors (Lipinski definition) is 2. The molecule has 25 heavy (non-hydrogen) atoms. The van der Waals surface area contributed by atoms with Gasteiger partial charge in [-0.1, -0.05) is 72.8 Å². The Labute approximate surface area is 148 Å². The molecule has 2 N–H and O–H groups in total. The van der Waals surface area contributed by atoms with Gasteiger partial charge in [0.1, 0.15) is 11.4 Å². The summed E-state index contributed by atoms with van der Waals surface area (Å²) in [6.07, 6.45) is 0. The van der Waals surface area contributed by atoms with Crippen LogP contribution in [0.3, 0.4) is 0 Å². The van der Waals surface area contributed by atoms with Crippen molar-refractivity contribution in [3.63, 3.8) is 0 Å². The molecule has 0 radical (unpaired) electrons. The second kappa shape index (κ2) is 6.44. The van der Waals surface area contributed by atoms with E-state index in [1.807, 2.05) is 36.4 Å².